The molecule has 1 saturated heterocycles. The highest BCUT2D eigenvalue weighted by Crippen LogP contribution is 2.13. The van der Waals surface area contributed by atoms with E-state index in [9.17, 15) is 14.9 Å². The lowest BCUT2D eigenvalue weighted by Gasteiger charge is -2.26. The Morgan fingerprint density at radius 1 is 1.30 bits per heavy atom. The number of halogens is 1. The van der Waals surface area contributed by atoms with Crippen molar-refractivity contribution >= 4 is 24.2 Å². The molecule has 1 amide bonds. The van der Waals surface area contributed by atoms with Gasteiger partial charge in [-0.25, -0.2) is 4.79 Å². The predicted octanol–water partition coefficient (Wildman–Crippen LogP) is 1.56. The molecule has 1 heterocycles. The molecule has 0 aromatic heterocycles. The largest absolute Gasteiger partial charge is 0.445 e. The van der Waals surface area contributed by atoms with Gasteiger partial charge < -0.3 is 15.0 Å². The number of benzene rings is 1. The SMILES string of the molecule is Cl.O=C(OCc1ccc([N+](=O)[O-])cc1)N1CCNCC1. The molecule has 20 heavy (non-hydrogen) atoms. The van der Waals surface area contributed by atoms with Gasteiger partial charge >= 0.3 is 6.09 Å². The molecule has 1 aliphatic rings. The number of rotatable bonds is 3. The van der Waals surface area contributed by atoms with Crippen molar-refractivity contribution in [2.45, 2.75) is 6.61 Å². The number of hydrogen-bond acceptors (Lipinski definition) is 5. The fraction of sp³-hybridized carbons (Fsp3) is 0.417. The lowest BCUT2D eigenvalue weighted by Crippen LogP contribution is -2.46. The summed E-state index contributed by atoms with van der Waals surface area (Å²) in [7, 11) is 0. The Hall–Kier alpha value is -1.86. The topological polar surface area (TPSA) is 84.7 Å². The third-order valence-corrected chi connectivity index (χ3v) is 2.88. The van der Waals surface area contributed by atoms with Gasteiger partial charge in [-0.05, 0) is 17.7 Å². The van der Waals surface area contributed by atoms with Gasteiger partial charge in [0.2, 0.25) is 0 Å². The van der Waals surface area contributed by atoms with Gasteiger partial charge in [-0.1, -0.05) is 0 Å². The highest BCUT2D eigenvalue weighted by molar-refractivity contribution is 5.85. The van der Waals surface area contributed by atoms with Crippen LogP contribution in [0.1, 0.15) is 5.56 Å². The van der Waals surface area contributed by atoms with E-state index in [4.69, 9.17) is 4.74 Å². The van der Waals surface area contributed by atoms with Crippen LogP contribution in [0.4, 0.5) is 10.5 Å². The number of nitro groups is 1. The Balaban J connectivity index is 0.00000200. The van der Waals surface area contributed by atoms with Crippen LogP contribution in [-0.2, 0) is 11.3 Å². The van der Waals surface area contributed by atoms with E-state index in [-0.39, 0.29) is 30.8 Å². The van der Waals surface area contributed by atoms with Crippen LogP contribution in [-0.4, -0.2) is 42.1 Å². The molecule has 0 atom stereocenters. The molecule has 0 bridgehead atoms. The summed E-state index contributed by atoms with van der Waals surface area (Å²) >= 11 is 0. The van der Waals surface area contributed by atoms with Crippen molar-refractivity contribution < 1.29 is 14.5 Å². The number of ether oxygens (including phenoxy) is 1. The summed E-state index contributed by atoms with van der Waals surface area (Å²) in [6, 6.07) is 5.97. The lowest BCUT2D eigenvalue weighted by molar-refractivity contribution is -0.384. The zero-order valence-electron chi connectivity index (χ0n) is 10.8. The summed E-state index contributed by atoms with van der Waals surface area (Å²) in [5, 5.41) is 13.6. The first-order valence-electron chi connectivity index (χ1n) is 6.02. The molecule has 1 N–H and O–H groups in total. The van der Waals surface area contributed by atoms with E-state index in [0.29, 0.717) is 13.1 Å². The number of piperazine rings is 1. The zero-order valence-corrected chi connectivity index (χ0v) is 11.6. The van der Waals surface area contributed by atoms with Gasteiger partial charge in [0.25, 0.3) is 5.69 Å². The third kappa shape index (κ3) is 4.36. The fourth-order valence-corrected chi connectivity index (χ4v) is 1.80. The molecule has 1 fully saturated rings. The maximum atomic E-state index is 11.7. The standard InChI is InChI=1S/C12H15N3O4.ClH/c16-12(14-7-5-13-6-8-14)19-9-10-1-3-11(4-2-10)15(17)18;/h1-4,13H,5-9H2;1H. The fourth-order valence-electron chi connectivity index (χ4n) is 1.80. The Labute approximate surface area is 122 Å². The van der Waals surface area contributed by atoms with Crippen LogP contribution in [0, 0.1) is 10.1 Å². The van der Waals surface area contributed by atoms with Gasteiger partial charge in [-0.15, -0.1) is 12.4 Å². The Morgan fingerprint density at radius 3 is 2.45 bits per heavy atom. The van der Waals surface area contributed by atoms with E-state index in [1.54, 1.807) is 17.0 Å². The minimum Gasteiger partial charge on any atom is -0.445 e. The molecule has 0 aliphatic carbocycles. The smallest absolute Gasteiger partial charge is 0.410 e. The highest BCUT2D eigenvalue weighted by Gasteiger charge is 2.17. The molecule has 1 aromatic carbocycles. The van der Waals surface area contributed by atoms with Crippen LogP contribution in [0.2, 0.25) is 0 Å². The van der Waals surface area contributed by atoms with E-state index in [1.165, 1.54) is 12.1 Å². The molecule has 2 rings (SSSR count). The maximum Gasteiger partial charge on any atom is 0.410 e. The van der Waals surface area contributed by atoms with Gasteiger partial charge in [0.1, 0.15) is 6.61 Å². The normalized spacial score (nSPS) is 14.3. The molecule has 8 heteroatoms. The summed E-state index contributed by atoms with van der Waals surface area (Å²) in [6.45, 7) is 2.94. The second-order valence-corrected chi connectivity index (χ2v) is 4.22. The average Bonchev–Trinajstić information content (AvgIpc) is 2.46. The van der Waals surface area contributed by atoms with E-state index >= 15 is 0 Å². The molecule has 1 aromatic rings. The molecule has 1 aliphatic heterocycles. The summed E-state index contributed by atoms with van der Waals surface area (Å²) in [5.41, 5.74) is 0.756. The van der Waals surface area contributed by atoms with Crippen LogP contribution in [0.25, 0.3) is 0 Å². The maximum absolute atomic E-state index is 11.7. The van der Waals surface area contributed by atoms with Crippen LogP contribution < -0.4 is 5.32 Å². The first-order valence-corrected chi connectivity index (χ1v) is 6.02. The van der Waals surface area contributed by atoms with Gasteiger partial charge in [0.15, 0.2) is 0 Å². The van der Waals surface area contributed by atoms with Gasteiger partial charge in [-0.3, -0.25) is 10.1 Å². The number of nitro benzene ring substituents is 1. The van der Waals surface area contributed by atoms with Crippen molar-refractivity contribution in [3.8, 4) is 0 Å². The minimum absolute atomic E-state index is 0. The highest BCUT2D eigenvalue weighted by atomic mass is 35.5. The van der Waals surface area contributed by atoms with Crippen LogP contribution in [0.15, 0.2) is 24.3 Å². The third-order valence-electron chi connectivity index (χ3n) is 2.88. The molecule has 0 radical (unpaired) electrons. The second-order valence-electron chi connectivity index (χ2n) is 4.22. The monoisotopic (exact) mass is 301 g/mol. The van der Waals surface area contributed by atoms with Crippen molar-refractivity contribution in [1.29, 1.82) is 0 Å². The molecule has 110 valence electrons. The van der Waals surface area contributed by atoms with Crippen molar-refractivity contribution in [2.24, 2.45) is 0 Å². The summed E-state index contributed by atoms with van der Waals surface area (Å²) in [4.78, 5) is 23.4. The Kier molecular flexibility index (Phi) is 6.20. The predicted molar refractivity (Wildman–Crippen MR) is 75.0 cm³/mol. The number of carbonyl (C=O) groups is 1. The van der Waals surface area contributed by atoms with Gasteiger partial charge in [0, 0.05) is 38.3 Å². The van der Waals surface area contributed by atoms with Crippen molar-refractivity contribution in [3.63, 3.8) is 0 Å². The number of carbonyl (C=O) groups excluding carboxylic acids is 1. The van der Waals surface area contributed by atoms with Crippen molar-refractivity contribution in [2.75, 3.05) is 26.2 Å². The number of amides is 1. The number of non-ortho nitro benzene ring substituents is 1. The molecule has 0 unspecified atom stereocenters. The molecule has 7 nitrogen and oxygen atoms in total. The summed E-state index contributed by atoms with van der Waals surface area (Å²) in [6.07, 6.45) is -0.347. The molecule has 0 saturated carbocycles. The van der Waals surface area contributed by atoms with E-state index in [1.807, 2.05) is 0 Å². The molecular weight excluding hydrogens is 286 g/mol. The zero-order chi connectivity index (χ0) is 13.7. The van der Waals surface area contributed by atoms with Gasteiger partial charge in [-0.2, -0.15) is 0 Å². The minimum atomic E-state index is -0.462. The van der Waals surface area contributed by atoms with Crippen molar-refractivity contribution in [3.05, 3.63) is 39.9 Å². The lowest BCUT2D eigenvalue weighted by atomic mass is 10.2. The van der Waals surface area contributed by atoms with Crippen molar-refractivity contribution in [1.82, 2.24) is 10.2 Å². The number of nitrogens with zero attached hydrogens (tertiary/aromatic N) is 2. The first-order chi connectivity index (χ1) is 9.16. The van der Waals surface area contributed by atoms with Crippen LogP contribution in [0.5, 0.6) is 0 Å². The number of nitrogens with one attached hydrogen (secondary N) is 1. The van der Waals surface area contributed by atoms with E-state index in [0.717, 1.165) is 18.7 Å². The molecular formula is C12H16ClN3O4. The quantitative estimate of drug-likeness (QED) is 0.676. The Morgan fingerprint density at radius 2 is 1.90 bits per heavy atom. The summed E-state index contributed by atoms with van der Waals surface area (Å²) in [5.74, 6) is 0. The Bertz CT molecular complexity index is 460. The second kappa shape index (κ2) is 7.66. The van der Waals surface area contributed by atoms with E-state index in [2.05, 4.69) is 5.32 Å². The number of hydrogen-bond donors (Lipinski definition) is 1. The summed E-state index contributed by atoms with van der Waals surface area (Å²) < 4.78 is 5.16. The first kappa shape index (κ1) is 16.2. The molecule has 0 spiro atoms. The van der Waals surface area contributed by atoms with Crippen LogP contribution >= 0.6 is 12.4 Å². The van der Waals surface area contributed by atoms with Crippen LogP contribution in [0.3, 0.4) is 0 Å². The van der Waals surface area contributed by atoms with Gasteiger partial charge in [0.05, 0.1) is 4.92 Å². The van der Waals surface area contributed by atoms with E-state index < -0.39 is 4.92 Å². The average molecular weight is 302 g/mol.